The molecule has 2 aliphatic heterocycles. The summed E-state index contributed by atoms with van der Waals surface area (Å²) in [4.78, 5) is 19.3. The van der Waals surface area contributed by atoms with Crippen LogP contribution in [0.2, 0.25) is 0 Å². The number of methoxy groups -OCH3 is 2. The number of halogens is 1. The normalized spacial score (nSPS) is 16.9. The Balaban J connectivity index is 0.00000253. The van der Waals surface area contributed by atoms with Crippen LogP contribution in [0.4, 0.5) is 0 Å². The van der Waals surface area contributed by atoms with E-state index < -0.39 is 5.97 Å². The molecular weight excluding hydrogens is 464 g/mol. The Labute approximate surface area is 210 Å². The quantitative estimate of drug-likeness (QED) is 0.212. The molecule has 6 nitrogen and oxygen atoms in total. The van der Waals surface area contributed by atoms with E-state index in [1.807, 2.05) is 18.2 Å². The minimum Gasteiger partial charge on any atom is -0.493 e. The Morgan fingerprint density at radius 3 is 2.49 bits per heavy atom. The first-order valence-electron chi connectivity index (χ1n) is 11.7. The maximum absolute atomic E-state index is 12.7. The Bertz CT molecular complexity index is 1420. The van der Waals surface area contributed by atoms with Crippen LogP contribution in [-0.4, -0.2) is 42.7 Å². The van der Waals surface area contributed by atoms with E-state index in [0.29, 0.717) is 23.1 Å². The van der Waals surface area contributed by atoms with Crippen LogP contribution in [0.3, 0.4) is 0 Å². The van der Waals surface area contributed by atoms with Crippen LogP contribution in [0, 0.1) is 0 Å². The van der Waals surface area contributed by atoms with E-state index in [1.54, 1.807) is 32.5 Å². The van der Waals surface area contributed by atoms with Gasteiger partial charge in [0.15, 0.2) is 11.5 Å². The summed E-state index contributed by atoms with van der Waals surface area (Å²) in [6, 6.07) is 14.1. The van der Waals surface area contributed by atoms with Crippen molar-refractivity contribution < 1.29 is 19.0 Å². The average molecular weight is 491 g/mol. The second kappa shape index (κ2) is 9.36. The second-order valence-electron chi connectivity index (χ2n) is 9.02. The van der Waals surface area contributed by atoms with Crippen LogP contribution in [0.1, 0.15) is 34.3 Å². The molecule has 3 aromatic carbocycles. The molecule has 7 heteroatoms. The van der Waals surface area contributed by atoms with Crippen molar-refractivity contribution in [2.75, 3.05) is 20.8 Å². The van der Waals surface area contributed by atoms with E-state index >= 15 is 0 Å². The zero-order valence-corrected chi connectivity index (χ0v) is 20.6. The van der Waals surface area contributed by atoms with E-state index in [1.165, 1.54) is 40.9 Å². The minimum absolute atomic E-state index is 0. The monoisotopic (exact) mass is 490 g/mol. The fourth-order valence-corrected chi connectivity index (χ4v) is 5.59. The summed E-state index contributed by atoms with van der Waals surface area (Å²) in [5, 5.41) is 4.50. The van der Waals surface area contributed by atoms with Crippen molar-refractivity contribution >= 4 is 39.9 Å². The Morgan fingerprint density at radius 1 is 0.971 bits per heavy atom. The summed E-state index contributed by atoms with van der Waals surface area (Å²) >= 11 is 0. The molecule has 0 N–H and O–H groups in total. The topological polar surface area (TPSA) is 60.9 Å². The minimum atomic E-state index is -0.421. The molecule has 1 fully saturated rings. The van der Waals surface area contributed by atoms with Gasteiger partial charge < -0.3 is 14.2 Å². The van der Waals surface area contributed by atoms with Crippen molar-refractivity contribution in [2.45, 2.75) is 31.8 Å². The molecule has 4 aromatic rings. The predicted molar refractivity (Wildman–Crippen MR) is 138 cm³/mol. The molecule has 0 radical (unpaired) electrons. The number of hydrogen-bond donors (Lipinski definition) is 0. The third-order valence-corrected chi connectivity index (χ3v) is 7.23. The van der Waals surface area contributed by atoms with E-state index in [-0.39, 0.29) is 12.4 Å². The Kier molecular flexibility index (Phi) is 6.26. The third kappa shape index (κ3) is 3.97. The Hall–Kier alpha value is -3.35. The first kappa shape index (κ1) is 23.4. The van der Waals surface area contributed by atoms with Gasteiger partial charge in [0, 0.05) is 25.0 Å². The predicted octanol–water partition coefficient (Wildman–Crippen LogP) is 5.57. The summed E-state index contributed by atoms with van der Waals surface area (Å²) in [5.41, 5.74) is 3.18. The highest BCUT2D eigenvalue weighted by Crippen LogP contribution is 2.44. The second-order valence-corrected chi connectivity index (χ2v) is 9.02. The highest BCUT2D eigenvalue weighted by atomic mass is 35.5. The molecule has 0 saturated carbocycles. The van der Waals surface area contributed by atoms with E-state index in [9.17, 15) is 4.79 Å². The lowest BCUT2D eigenvalue weighted by Gasteiger charge is -2.33. The molecule has 1 atom stereocenters. The van der Waals surface area contributed by atoms with Gasteiger partial charge in [-0.15, -0.1) is 12.4 Å². The fourth-order valence-electron chi connectivity index (χ4n) is 5.59. The number of ether oxygens (including phenoxy) is 3. The number of nitrogens with zero attached hydrogens (tertiary/aromatic N) is 2. The summed E-state index contributed by atoms with van der Waals surface area (Å²) in [5.74, 6) is 1.49. The van der Waals surface area contributed by atoms with Crippen molar-refractivity contribution in [1.29, 1.82) is 0 Å². The van der Waals surface area contributed by atoms with Crippen molar-refractivity contribution in [1.82, 2.24) is 9.88 Å². The molecule has 0 bridgehead atoms. The van der Waals surface area contributed by atoms with Gasteiger partial charge in [-0.2, -0.15) is 0 Å². The number of aromatic nitrogens is 1. The number of fused-ring (bicyclic) bond motifs is 7. The lowest BCUT2D eigenvalue weighted by atomic mass is 9.85. The zero-order chi connectivity index (χ0) is 23.2. The number of esters is 1. The van der Waals surface area contributed by atoms with Crippen molar-refractivity contribution in [3.8, 4) is 17.2 Å². The molecule has 2 aliphatic rings. The molecule has 0 unspecified atom stereocenters. The summed E-state index contributed by atoms with van der Waals surface area (Å²) in [6.07, 6.45) is 6.67. The highest BCUT2D eigenvalue weighted by Gasteiger charge is 2.32. The van der Waals surface area contributed by atoms with Gasteiger partial charge in [-0.25, -0.2) is 4.79 Å². The molecular formula is C28H27ClN2O4. The number of carbonyl (C=O) groups excluding carboxylic acids is 1. The lowest BCUT2D eigenvalue weighted by molar-refractivity contribution is 0.0734. The maximum Gasteiger partial charge on any atom is 0.345 e. The molecule has 0 amide bonds. The summed E-state index contributed by atoms with van der Waals surface area (Å²) in [7, 11) is 3.32. The number of pyridine rings is 1. The highest BCUT2D eigenvalue weighted by molar-refractivity contribution is 6.12. The standard InChI is InChI=1S/C28H26N2O4.ClH/c1-32-26-13-23-22-12-19(34-28(31)17-5-3-9-29-15-17)7-8-20(22)21-11-18-6-4-10-30(18)16-25(21)24(23)14-27(26)33-2;/h3,5,7-9,12-15,18H,4,6,10-11,16H2,1-2H3;1H/t18-;/m0./s1. The van der Waals surface area contributed by atoms with Crippen molar-refractivity contribution in [3.63, 3.8) is 0 Å². The van der Waals surface area contributed by atoms with Gasteiger partial charge in [0.05, 0.1) is 19.8 Å². The van der Waals surface area contributed by atoms with Gasteiger partial charge in [0.25, 0.3) is 0 Å². The average Bonchev–Trinajstić information content (AvgIpc) is 3.35. The molecule has 3 heterocycles. The number of hydrogen-bond acceptors (Lipinski definition) is 6. The molecule has 0 spiro atoms. The smallest absolute Gasteiger partial charge is 0.345 e. The van der Waals surface area contributed by atoms with Crippen LogP contribution in [0.25, 0.3) is 21.5 Å². The first-order chi connectivity index (χ1) is 16.7. The van der Waals surface area contributed by atoms with Crippen molar-refractivity contribution in [3.05, 3.63) is 71.5 Å². The van der Waals surface area contributed by atoms with Gasteiger partial charge in [-0.3, -0.25) is 9.88 Å². The van der Waals surface area contributed by atoms with Gasteiger partial charge in [-0.1, -0.05) is 6.07 Å². The maximum atomic E-state index is 12.7. The first-order valence-corrected chi connectivity index (χ1v) is 11.7. The SMILES string of the molecule is COc1cc2c3c(c4ccc(OC(=O)c5cccnc5)cc4c2cc1OC)C[C@@H]1CCCN1C3.Cl. The fraction of sp³-hybridized carbons (Fsp3) is 0.286. The van der Waals surface area contributed by atoms with Crippen LogP contribution >= 0.6 is 12.4 Å². The summed E-state index contributed by atoms with van der Waals surface area (Å²) in [6.45, 7) is 2.10. The van der Waals surface area contributed by atoms with Crippen LogP contribution in [0.5, 0.6) is 17.2 Å². The molecule has 0 aliphatic carbocycles. The zero-order valence-electron chi connectivity index (χ0n) is 19.7. The number of carbonyl (C=O) groups is 1. The van der Waals surface area contributed by atoms with Gasteiger partial charge >= 0.3 is 5.97 Å². The van der Waals surface area contributed by atoms with E-state index in [0.717, 1.165) is 36.0 Å². The molecule has 180 valence electrons. The molecule has 1 saturated heterocycles. The van der Waals surface area contributed by atoms with Gasteiger partial charge in [0.2, 0.25) is 0 Å². The van der Waals surface area contributed by atoms with Gasteiger partial charge in [-0.05, 0) is 94.9 Å². The molecule has 35 heavy (non-hydrogen) atoms. The van der Waals surface area contributed by atoms with Crippen molar-refractivity contribution in [2.24, 2.45) is 0 Å². The number of rotatable bonds is 4. The number of benzene rings is 3. The van der Waals surface area contributed by atoms with Crippen LogP contribution in [-0.2, 0) is 13.0 Å². The molecule has 6 rings (SSSR count). The Morgan fingerprint density at radius 2 is 1.74 bits per heavy atom. The largest absolute Gasteiger partial charge is 0.493 e. The van der Waals surface area contributed by atoms with E-state index in [4.69, 9.17) is 14.2 Å². The van der Waals surface area contributed by atoms with Crippen LogP contribution < -0.4 is 14.2 Å². The summed E-state index contributed by atoms with van der Waals surface area (Å²) < 4.78 is 17.0. The van der Waals surface area contributed by atoms with E-state index in [2.05, 4.69) is 22.0 Å². The van der Waals surface area contributed by atoms with Crippen LogP contribution in [0.15, 0.2) is 54.9 Å². The van der Waals surface area contributed by atoms with Gasteiger partial charge in [0.1, 0.15) is 5.75 Å². The third-order valence-electron chi connectivity index (χ3n) is 7.23. The lowest BCUT2D eigenvalue weighted by Crippen LogP contribution is -2.35. The molecule has 1 aromatic heterocycles.